The molecule has 108 valence electrons. The molecule has 0 radical (unpaired) electrons. The number of H-pyrrole nitrogens is 2. The fourth-order valence-corrected chi connectivity index (χ4v) is 3.54. The Morgan fingerprint density at radius 3 is 2.38 bits per heavy atom. The minimum Gasteiger partial charge on any atom is -0.306 e. The van der Waals surface area contributed by atoms with E-state index in [1.54, 1.807) is 24.3 Å². The molecule has 1 aromatic heterocycles. The molecule has 0 amide bonds. The molecule has 3 rings (SSSR count). The van der Waals surface area contributed by atoms with E-state index in [0.717, 1.165) is 0 Å². The van der Waals surface area contributed by atoms with E-state index in [1.165, 1.54) is 6.07 Å². The summed E-state index contributed by atoms with van der Waals surface area (Å²) in [6, 6.07) is 8.21. The van der Waals surface area contributed by atoms with Crippen molar-refractivity contribution in [2.45, 2.75) is 5.38 Å². The number of nitrogens with one attached hydrogen (secondary N) is 2. The molecule has 1 unspecified atom stereocenters. The van der Waals surface area contributed by atoms with Crippen molar-refractivity contribution in [3.8, 4) is 0 Å². The minimum atomic E-state index is -0.671. The second-order valence-corrected chi connectivity index (χ2v) is 6.73. The average molecular weight is 434 g/mol. The van der Waals surface area contributed by atoms with E-state index >= 15 is 0 Å². The van der Waals surface area contributed by atoms with Crippen molar-refractivity contribution >= 4 is 54.5 Å². The maximum atomic E-state index is 14.0. The van der Waals surface area contributed by atoms with Crippen LogP contribution < -0.4 is 5.69 Å². The smallest absolute Gasteiger partial charge is 0.306 e. The highest BCUT2D eigenvalue weighted by Gasteiger charge is 2.19. The first kappa shape index (κ1) is 14.8. The average Bonchev–Trinajstić information content (AvgIpc) is 2.76. The number of imidazole rings is 1. The van der Waals surface area contributed by atoms with E-state index in [0.29, 0.717) is 31.1 Å². The summed E-state index contributed by atoms with van der Waals surface area (Å²) in [7, 11) is 0. The summed E-state index contributed by atoms with van der Waals surface area (Å²) in [6.07, 6.45) is 0. The third-order valence-corrected chi connectivity index (χ3v) is 4.79. The molecule has 1 heterocycles. The number of benzene rings is 2. The van der Waals surface area contributed by atoms with Crippen molar-refractivity contribution in [3.05, 3.63) is 66.7 Å². The molecule has 0 aliphatic carbocycles. The molecule has 0 saturated carbocycles. The van der Waals surface area contributed by atoms with Gasteiger partial charge in [-0.1, -0.05) is 37.9 Å². The first-order chi connectivity index (χ1) is 9.95. The molecule has 0 bridgehead atoms. The number of halogens is 4. The van der Waals surface area contributed by atoms with E-state index in [2.05, 4.69) is 41.8 Å². The Kier molecular flexibility index (Phi) is 3.94. The zero-order chi connectivity index (χ0) is 15.1. The number of rotatable bonds is 2. The van der Waals surface area contributed by atoms with Gasteiger partial charge >= 0.3 is 5.69 Å². The molecule has 3 aromatic rings. The molecule has 3 nitrogen and oxygen atoms in total. The second kappa shape index (κ2) is 5.59. The van der Waals surface area contributed by atoms with Gasteiger partial charge in [-0.2, -0.15) is 0 Å². The number of fused-ring (bicyclic) bond motifs is 1. The predicted octanol–water partition coefficient (Wildman–Crippen LogP) is 4.85. The van der Waals surface area contributed by atoms with Crippen LogP contribution in [0.3, 0.4) is 0 Å². The van der Waals surface area contributed by atoms with Gasteiger partial charge in [-0.05, 0) is 29.8 Å². The van der Waals surface area contributed by atoms with E-state index < -0.39 is 5.38 Å². The first-order valence-corrected chi connectivity index (χ1v) is 7.98. The van der Waals surface area contributed by atoms with Crippen LogP contribution in [0.1, 0.15) is 16.5 Å². The molecule has 0 fully saturated rings. The number of aromatic amines is 2. The standard InChI is InChI=1S/C14H8Br2ClFN2O/c15-6-1-2-7(10(18)3-6)13(17)8-4-11-12(5-9(8)16)20-14(21)19-11/h1-5,13H,(H2,19,20,21). The number of hydrogen-bond donors (Lipinski definition) is 2. The van der Waals surface area contributed by atoms with E-state index in [9.17, 15) is 9.18 Å². The van der Waals surface area contributed by atoms with Gasteiger partial charge in [-0.15, -0.1) is 11.6 Å². The van der Waals surface area contributed by atoms with Crippen LogP contribution in [0.25, 0.3) is 11.0 Å². The largest absolute Gasteiger partial charge is 0.323 e. The van der Waals surface area contributed by atoms with Gasteiger partial charge in [-0.25, -0.2) is 9.18 Å². The van der Waals surface area contributed by atoms with Crippen molar-refractivity contribution in [2.75, 3.05) is 0 Å². The highest BCUT2D eigenvalue weighted by molar-refractivity contribution is 9.10. The molecule has 7 heteroatoms. The highest BCUT2D eigenvalue weighted by Crippen LogP contribution is 2.37. The quantitative estimate of drug-likeness (QED) is 0.557. The van der Waals surface area contributed by atoms with Crippen molar-refractivity contribution < 1.29 is 4.39 Å². The van der Waals surface area contributed by atoms with Gasteiger partial charge in [0.15, 0.2) is 0 Å². The van der Waals surface area contributed by atoms with Gasteiger partial charge in [0.1, 0.15) is 5.82 Å². The molecule has 0 spiro atoms. The van der Waals surface area contributed by atoms with E-state index in [1.807, 2.05) is 0 Å². The van der Waals surface area contributed by atoms with Crippen molar-refractivity contribution in [1.29, 1.82) is 0 Å². The summed E-state index contributed by atoms with van der Waals surface area (Å²) >= 11 is 13.0. The zero-order valence-corrected chi connectivity index (χ0v) is 14.3. The Morgan fingerprint density at radius 2 is 1.71 bits per heavy atom. The maximum absolute atomic E-state index is 14.0. The SMILES string of the molecule is O=c1[nH]c2cc(Br)c(C(Cl)c3ccc(Br)cc3F)cc2[nH]1. The lowest BCUT2D eigenvalue weighted by molar-refractivity contribution is 0.611. The van der Waals surface area contributed by atoms with Crippen LogP contribution in [-0.2, 0) is 0 Å². The van der Waals surface area contributed by atoms with Crippen LogP contribution in [0.2, 0.25) is 0 Å². The lowest BCUT2D eigenvalue weighted by Gasteiger charge is -2.13. The van der Waals surface area contributed by atoms with Crippen LogP contribution in [0.5, 0.6) is 0 Å². The Morgan fingerprint density at radius 1 is 1.05 bits per heavy atom. The summed E-state index contributed by atoms with van der Waals surface area (Å²) in [5.74, 6) is -0.390. The summed E-state index contributed by atoms with van der Waals surface area (Å²) < 4.78 is 15.4. The zero-order valence-electron chi connectivity index (χ0n) is 10.4. The molecule has 2 N–H and O–H groups in total. The summed E-state index contributed by atoms with van der Waals surface area (Å²) in [6.45, 7) is 0. The summed E-state index contributed by atoms with van der Waals surface area (Å²) in [4.78, 5) is 16.6. The minimum absolute atomic E-state index is 0.296. The van der Waals surface area contributed by atoms with Crippen molar-refractivity contribution in [3.63, 3.8) is 0 Å². The Balaban J connectivity index is 2.14. The normalized spacial score (nSPS) is 12.8. The van der Waals surface area contributed by atoms with Gasteiger partial charge in [0.25, 0.3) is 0 Å². The summed E-state index contributed by atoms with van der Waals surface area (Å²) in [5.41, 5.74) is 2.05. The molecular formula is C14H8Br2ClFN2O. The third-order valence-electron chi connectivity index (χ3n) is 3.14. The lowest BCUT2D eigenvalue weighted by Crippen LogP contribution is -1.99. The van der Waals surface area contributed by atoms with Gasteiger partial charge in [0.05, 0.1) is 16.4 Å². The van der Waals surface area contributed by atoms with Crippen LogP contribution in [0.15, 0.2) is 44.1 Å². The maximum Gasteiger partial charge on any atom is 0.323 e. The fourth-order valence-electron chi connectivity index (χ4n) is 2.14. The number of alkyl halides is 1. The van der Waals surface area contributed by atoms with Crippen molar-refractivity contribution in [1.82, 2.24) is 9.97 Å². The van der Waals surface area contributed by atoms with Gasteiger partial charge < -0.3 is 9.97 Å². The van der Waals surface area contributed by atoms with Crippen LogP contribution in [-0.4, -0.2) is 9.97 Å². The molecule has 0 aliphatic heterocycles. The van der Waals surface area contributed by atoms with Crippen molar-refractivity contribution in [2.24, 2.45) is 0 Å². The van der Waals surface area contributed by atoms with Crippen LogP contribution in [0, 0.1) is 5.82 Å². The molecule has 0 saturated heterocycles. The van der Waals surface area contributed by atoms with E-state index in [4.69, 9.17) is 11.6 Å². The molecule has 0 aliphatic rings. The van der Waals surface area contributed by atoms with Crippen LogP contribution in [0.4, 0.5) is 4.39 Å². The Hall–Kier alpha value is -1.11. The van der Waals surface area contributed by atoms with Gasteiger partial charge in [0.2, 0.25) is 0 Å². The molecule has 21 heavy (non-hydrogen) atoms. The number of hydrogen-bond acceptors (Lipinski definition) is 1. The molecular weight excluding hydrogens is 426 g/mol. The topological polar surface area (TPSA) is 48.6 Å². The summed E-state index contributed by atoms with van der Waals surface area (Å²) in [5, 5.41) is -0.671. The third kappa shape index (κ3) is 2.80. The lowest BCUT2D eigenvalue weighted by atomic mass is 10.0. The van der Waals surface area contributed by atoms with Gasteiger partial charge in [-0.3, -0.25) is 0 Å². The molecule has 2 aromatic carbocycles. The Labute approximate surface area is 140 Å². The first-order valence-electron chi connectivity index (χ1n) is 5.96. The second-order valence-electron chi connectivity index (χ2n) is 4.53. The number of aromatic nitrogens is 2. The molecule has 1 atom stereocenters. The highest BCUT2D eigenvalue weighted by atomic mass is 79.9. The monoisotopic (exact) mass is 432 g/mol. The Bertz CT molecular complexity index is 890. The van der Waals surface area contributed by atoms with Gasteiger partial charge in [0, 0.05) is 14.5 Å². The fraction of sp³-hybridized carbons (Fsp3) is 0.0714. The van der Waals surface area contributed by atoms with Crippen LogP contribution >= 0.6 is 43.5 Å². The van der Waals surface area contributed by atoms with E-state index in [-0.39, 0.29) is 11.5 Å². The predicted molar refractivity (Wildman–Crippen MR) is 88.4 cm³/mol.